The van der Waals surface area contributed by atoms with Crippen molar-refractivity contribution in [3.8, 4) is 11.3 Å². The lowest BCUT2D eigenvalue weighted by atomic mass is 10.2. The van der Waals surface area contributed by atoms with Gasteiger partial charge in [0.25, 0.3) is 0 Å². The molecule has 2 rings (SSSR count). The molecule has 0 aliphatic carbocycles. The number of hydrogen-bond acceptors (Lipinski definition) is 3. The topological polar surface area (TPSA) is 43.8 Å². The molecule has 0 unspecified atom stereocenters. The van der Waals surface area contributed by atoms with Gasteiger partial charge in [0.05, 0.1) is 11.9 Å². The molecule has 1 aromatic heterocycles. The van der Waals surface area contributed by atoms with Crippen LogP contribution in [0.4, 0.5) is 0 Å². The molecule has 0 aliphatic rings. The smallest absolute Gasteiger partial charge is 0.186 e. The lowest BCUT2D eigenvalue weighted by Crippen LogP contribution is -2.06. The number of nitrogen functional groups attached to an aromatic ring is 1. The summed E-state index contributed by atoms with van der Waals surface area (Å²) in [6.07, 6.45) is 3.79. The van der Waals surface area contributed by atoms with Gasteiger partial charge in [0.2, 0.25) is 0 Å². The van der Waals surface area contributed by atoms with Crippen LogP contribution in [0.2, 0.25) is 0 Å². The molecule has 0 bridgehead atoms. The lowest BCUT2D eigenvalue weighted by Gasteiger charge is -1.92. The molecule has 0 saturated heterocycles. The minimum Gasteiger partial charge on any atom is -0.337 e. The highest BCUT2D eigenvalue weighted by Gasteiger charge is 2.05. The molecule has 0 spiro atoms. The van der Waals surface area contributed by atoms with Crippen molar-refractivity contribution in [2.24, 2.45) is 0 Å². The molecule has 72 valence electrons. The van der Waals surface area contributed by atoms with Crippen molar-refractivity contribution >= 4 is 11.8 Å². The van der Waals surface area contributed by atoms with Crippen LogP contribution in [0.15, 0.2) is 41.7 Å². The predicted molar refractivity (Wildman–Crippen MR) is 59.6 cm³/mol. The van der Waals surface area contributed by atoms with Crippen molar-refractivity contribution in [1.29, 1.82) is 0 Å². The molecule has 0 amide bonds. The molecule has 0 atom stereocenters. The first kappa shape index (κ1) is 9.15. The molecule has 0 saturated carbocycles. The first-order chi connectivity index (χ1) is 6.81. The third-order valence-electron chi connectivity index (χ3n) is 1.95. The van der Waals surface area contributed by atoms with Crippen molar-refractivity contribution in [1.82, 2.24) is 9.66 Å². The Morgan fingerprint density at radius 1 is 1.29 bits per heavy atom. The van der Waals surface area contributed by atoms with E-state index in [0.29, 0.717) is 0 Å². The Hall–Kier alpha value is -1.42. The molecule has 0 radical (unpaired) electrons. The van der Waals surface area contributed by atoms with Gasteiger partial charge in [-0.1, -0.05) is 42.1 Å². The van der Waals surface area contributed by atoms with E-state index in [1.807, 2.05) is 42.8 Å². The van der Waals surface area contributed by atoms with Gasteiger partial charge in [-0.25, -0.2) is 9.66 Å². The summed E-state index contributed by atoms with van der Waals surface area (Å²) in [5.41, 5.74) is 2.00. The Bertz CT molecular complexity index is 422. The van der Waals surface area contributed by atoms with Gasteiger partial charge in [-0.05, 0) is 6.26 Å². The maximum atomic E-state index is 5.72. The Morgan fingerprint density at radius 2 is 2.00 bits per heavy atom. The maximum Gasteiger partial charge on any atom is 0.186 e. The van der Waals surface area contributed by atoms with Crippen LogP contribution in [-0.2, 0) is 0 Å². The van der Waals surface area contributed by atoms with Crippen LogP contribution in [0.25, 0.3) is 11.3 Å². The summed E-state index contributed by atoms with van der Waals surface area (Å²) in [5, 5.41) is 0.823. The van der Waals surface area contributed by atoms with Crippen molar-refractivity contribution in [2.75, 3.05) is 12.1 Å². The third kappa shape index (κ3) is 1.61. The zero-order chi connectivity index (χ0) is 9.97. The predicted octanol–water partition coefficient (Wildman–Crippen LogP) is 1.99. The Morgan fingerprint density at radius 3 is 2.57 bits per heavy atom. The van der Waals surface area contributed by atoms with Gasteiger partial charge in [0.15, 0.2) is 5.16 Å². The second-order valence-electron chi connectivity index (χ2n) is 2.89. The number of nitrogens with two attached hydrogens (primary N) is 1. The van der Waals surface area contributed by atoms with E-state index in [9.17, 15) is 0 Å². The molecule has 0 fully saturated rings. The van der Waals surface area contributed by atoms with Crippen LogP contribution in [0, 0.1) is 0 Å². The molecule has 2 N–H and O–H groups in total. The molecule has 0 aliphatic heterocycles. The van der Waals surface area contributed by atoms with Crippen molar-refractivity contribution in [3.05, 3.63) is 36.5 Å². The SMILES string of the molecule is CSc1nc(-c2ccccc2)cn1N. The van der Waals surface area contributed by atoms with Gasteiger partial charge in [-0.3, -0.25) is 0 Å². The molecule has 3 nitrogen and oxygen atoms in total. The highest BCUT2D eigenvalue weighted by atomic mass is 32.2. The van der Waals surface area contributed by atoms with Crippen LogP contribution in [0.3, 0.4) is 0 Å². The van der Waals surface area contributed by atoms with Crippen molar-refractivity contribution in [3.63, 3.8) is 0 Å². The van der Waals surface area contributed by atoms with Gasteiger partial charge in [-0.15, -0.1) is 0 Å². The fourth-order valence-electron chi connectivity index (χ4n) is 1.28. The molecular weight excluding hydrogens is 194 g/mol. The Balaban J connectivity index is 2.43. The van der Waals surface area contributed by atoms with E-state index >= 15 is 0 Å². The summed E-state index contributed by atoms with van der Waals surface area (Å²) < 4.78 is 1.55. The minimum atomic E-state index is 0.823. The molecule has 1 aromatic carbocycles. The molecular formula is C10H11N3S. The molecule has 14 heavy (non-hydrogen) atoms. The highest BCUT2D eigenvalue weighted by molar-refractivity contribution is 7.98. The summed E-state index contributed by atoms with van der Waals surface area (Å²) in [6.45, 7) is 0. The van der Waals surface area contributed by atoms with Gasteiger partial charge < -0.3 is 5.84 Å². The number of hydrogen-bond donors (Lipinski definition) is 1. The number of thioether (sulfide) groups is 1. The maximum absolute atomic E-state index is 5.72. The Labute approximate surface area is 86.9 Å². The van der Waals surface area contributed by atoms with E-state index in [1.54, 1.807) is 4.68 Å². The summed E-state index contributed by atoms with van der Waals surface area (Å²) in [7, 11) is 0. The van der Waals surface area contributed by atoms with E-state index in [2.05, 4.69) is 4.98 Å². The van der Waals surface area contributed by atoms with Gasteiger partial charge in [0, 0.05) is 5.56 Å². The van der Waals surface area contributed by atoms with Crippen LogP contribution in [0.5, 0.6) is 0 Å². The Kier molecular flexibility index (Phi) is 2.45. The van der Waals surface area contributed by atoms with E-state index in [4.69, 9.17) is 5.84 Å². The third-order valence-corrected chi connectivity index (χ3v) is 2.62. The first-order valence-corrected chi connectivity index (χ1v) is 5.47. The van der Waals surface area contributed by atoms with Crippen LogP contribution in [-0.4, -0.2) is 15.9 Å². The van der Waals surface area contributed by atoms with E-state index in [1.165, 1.54) is 11.8 Å². The number of benzene rings is 1. The fraction of sp³-hybridized carbons (Fsp3) is 0.100. The first-order valence-electron chi connectivity index (χ1n) is 4.25. The van der Waals surface area contributed by atoms with E-state index in [0.717, 1.165) is 16.4 Å². The zero-order valence-electron chi connectivity index (χ0n) is 7.84. The average molecular weight is 205 g/mol. The van der Waals surface area contributed by atoms with Gasteiger partial charge in [-0.2, -0.15) is 0 Å². The zero-order valence-corrected chi connectivity index (χ0v) is 8.66. The normalized spacial score (nSPS) is 10.4. The number of imidazole rings is 1. The van der Waals surface area contributed by atoms with E-state index < -0.39 is 0 Å². The lowest BCUT2D eigenvalue weighted by molar-refractivity contribution is 0.854. The summed E-state index contributed by atoms with van der Waals surface area (Å²) in [4.78, 5) is 4.40. The number of nitrogens with zero attached hydrogens (tertiary/aromatic N) is 2. The minimum absolute atomic E-state index is 0.823. The number of rotatable bonds is 2. The quantitative estimate of drug-likeness (QED) is 0.602. The largest absolute Gasteiger partial charge is 0.337 e. The van der Waals surface area contributed by atoms with Gasteiger partial charge >= 0.3 is 0 Å². The van der Waals surface area contributed by atoms with Crippen molar-refractivity contribution in [2.45, 2.75) is 5.16 Å². The molecule has 4 heteroatoms. The van der Waals surface area contributed by atoms with E-state index in [-0.39, 0.29) is 0 Å². The molecule has 2 aromatic rings. The van der Waals surface area contributed by atoms with Crippen molar-refractivity contribution < 1.29 is 0 Å². The summed E-state index contributed by atoms with van der Waals surface area (Å²) in [6, 6.07) is 10.0. The second-order valence-corrected chi connectivity index (χ2v) is 3.66. The number of aromatic nitrogens is 2. The van der Waals surface area contributed by atoms with Crippen LogP contribution in [0.1, 0.15) is 0 Å². The summed E-state index contributed by atoms with van der Waals surface area (Å²) >= 11 is 1.54. The monoisotopic (exact) mass is 205 g/mol. The summed E-state index contributed by atoms with van der Waals surface area (Å²) in [5.74, 6) is 5.72. The van der Waals surface area contributed by atoms with Crippen LogP contribution >= 0.6 is 11.8 Å². The second kappa shape index (κ2) is 3.75. The molecule has 1 heterocycles. The standard InChI is InChI=1S/C10H11N3S/c1-14-10-12-9(7-13(10)11)8-5-3-2-4-6-8/h2-7H,11H2,1H3. The fourth-order valence-corrected chi connectivity index (χ4v) is 1.73. The van der Waals surface area contributed by atoms with Crippen LogP contribution < -0.4 is 5.84 Å². The average Bonchev–Trinajstić information content (AvgIpc) is 2.61. The van der Waals surface area contributed by atoms with Gasteiger partial charge in [0.1, 0.15) is 0 Å². The highest BCUT2D eigenvalue weighted by Crippen LogP contribution is 2.20.